The van der Waals surface area contributed by atoms with Gasteiger partial charge in [-0.25, -0.2) is 0 Å². The van der Waals surface area contributed by atoms with Gasteiger partial charge in [0.2, 0.25) is 0 Å². The average Bonchev–Trinajstić information content (AvgIpc) is 2.31. The molecule has 0 atom stereocenters. The fourth-order valence-corrected chi connectivity index (χ4v) is 2.55. The third-order valence-electron chi connectivity index (χ3n) is 2.87. The Kier molecular flexibility index (Phi) is 4.31. The standard InChI is InChI=1S/C12H16FNO3S/c13-18(15,16)10-12-3-1-11(2-4-12)9-14-5-7-17-8-6-14/h1-4H,5-10H2. The Morgan fingerprint density at radius 3 is 2.22 bits per heavy atom. The number of hydrogen-bond donors (Lipinski definition) is 0. The molecule has 0 saturated carbocycles. The molecule has 0 bridgehead atoms. The minimum absolute atomic E-state index is 0.475. The van der Waals surface area contributed by atoms with Crippen LogP contribution in [0.2, 0.25) is 0 Å². The third-order valence-corrected chi connectivity index (χ3v) is 3.55. The monoisotopic (exact) mass is 273 g/mol. The van der Waals surface area contributed by atoms with Crippen molar-refractivity contribution in [2.75, 3.05) is 26.3 Å². The second-order valence-electron chi connectivity index (χ2n) is 4.39. The lowest BCUT2D eigenvalue weighted by Gasteiger charge is -2.26. The number of morpholine rings is 1. The number of hydrogen-bond acceptors (Lipinski definition) is 4. The second-order valence-corrected chi connectivity index (χ2v) is 5.75. The minimum atomic E-state index is -4.44. The lowest BCUT2D eigenvalue weighted by atomic mass is 10.1. The van der Waals surface area contributed by atoms with Crippen molar-refractivity contribution < 1.29 is 17.0 Å². The number of nitrogens with zero attached hydrogens (tertiary/aromatic N) is 1. The van der Waals surface area contributed by atoms with Gasteiger partial charge in [0.05, 0.1) is 13.2 Å². The highest BCUT2D eigenvalue weighted by molar-refractivity contribution is 7.85. The lowest BCUT2D eigenvalue weighted by Crippen LogP contribution is -2.35. The van der Waals surface area contributed by atoms with Gasteiger partial charge < -0.3 is 4.74 Å². The summed E-state index contributed by atoms with van der Waals surface area (Å²) in [4.78, 5) is 2.27. The van der Waals surface area contributed by atoms with E-state index in [1.54, 1.807) is 12.1 Å². The predicted molar refractivity (Wildman–Crippen MR) is 66.3 cm³/mol. The summed E-state index contributed by atoms with van der Waals surface area (Å²) in [5.74, 6) is -0.551. The van der Waals surface area contributed by atoms with Crippen LogP contribution in [-0.2, 0) is 27.3 Å². The molecule has 0 amide bonds. The Morgan fingerprint density at radius 2 is 1.67 bits per heavy atom. The summed E-state index contributed by atoms with van der Waals surface area (Å²) in [6, 6.07) is 7.01. The third kappa shape index (κ3) is 4.36. The van der Waals surface area contributed by atoms with Gasteiger partial charge in [0, 0.05) is 19.6 Å². The fourth-order valence-electron chi connectivity index (χ4n) is 1.96. The van der Waals surface area contributed by atoms with E-state index in [0.29, 0.717) is 5.56 Å². The normalized spacial score (nSPS) is 17.8. The molecule has 1 aliphatic rings. The van der Waals surface area contributed by atoms with E-state index < -0.39 is 16.0 Å². The van der Waals surface area contributed by atoms with Crippen molar-refractivity contribution in [3.05, 3.63) is 35.4 Å². The van der Waals surface area contributed by atoms with Gasteiger partial charge in [0.25, 0.3) is 0 Å². The summed E-state index contributed by atoms with van der Waals surface area (Å²) in [5.41, 5.74) is 1.57. The van der Waals surface area contributed by atoms with Crippen LogP contribution in [0, 0.1) is 0 Å². The first kappa shape index (κ1) is 13.5. The smallest absolute Gasteiger partial charge is 0.306 e. The lowest BCUT2D eigenvalue weighted by molar-refractivity contribution is 0.0342. The zero-order valence-electron chi connectivity index (χ0n) is 10.0. The number of ether oxygens (including phenoxy) is 1. The molecular formula is C12H16FNO3S. The first-order chi connectivity index (χ1) is 8.53. The van der Waals surface area contributed by atoms with Crippen LogP contribution in [0.25, 0.3) is 0 Å². The zero-order chi connectivity index (χ0) is 13.0. The van der Waals surface area contributed by atoms with E-state index in [4.69, 9.17) is 4.74 Å². The predicted octanol–water partition coefficient (Wildman–Crippen LogP) is 1.32. The van der Waals surface area contributed by atoms with E-state index in [1.807, 2.05) is 12.1 Å². The number of benzene rings is 1. The molecule has 6 heteroatoms. The van der Waals surface area contributed by atoms with Crippen molar-refractivity contribution in [3.8, 4) is 0 Å². The Morgan fingerprint density at radius 1 is 1.11 bits per heavy atom. The van der Waals surface area contributed by atoms with Crippen LogP contribution in [0.5, 0.6) is 0 Å². The van der Waals surface area contributed by atoms with Gasteiger partial charge in [0.1, 0.15) is 5.75 Å². The van der Waals surface area contributed by atoms with Gasteiger partial charge in [-0.15, -0.1) is 3.89 Å². The molecule has 1 fully saturated rings. The molecular weight excluding hydrogens is 257 g/mol. The Hall–Kier alpha value is -0.980. The molecule has 2 rings (SSSR count). The van der Waals surface area contributed by atoms with Gasteiger partial charge >= 0.3 is 10.2 Å². The van der Waals surface area contributed by atoms with E-state index in [1.165, 1.54) is 0 Å². The fraction of sp³-hybridized carbons (Fsp3) is 0.500. The first-order valence-electron chi connectivity index (χ1n) is 5.83. The van der Waals surface area contributed by atoms with Crippen LogP contribution in [0.15, 0.2) is 24.3 Å². The summed E-state index contributed by atoms with van der Waals surface area (Å²) >= 11 is 0. The molecule has 100 valence electrons. The van der Waals surface area contributed by atoms with Crippen molar-refractivity contribution in [3.63, 3.8) is 0 Å². The highest BCUT2D eigenvalue weighted by Gasteiger charge is 2.11. The highest BCUT2D eigenvalue weighted by Crippen LogP contribution is 2.12. The molecule has 0 aliphatic carbocycles. The molecule has 1 aliphatic heterocycles. The molecule has 1 saturated heterocycles. The van der Waals surface area contributed by atoms with Crippen molar-refractivity contribution in [1.82, 2.24) is 4.90 Å². The van der Waals surface area contributed by atoms with Crippen LogP contribution in [0.4, 0.5) is 3.89 Å². The van der Waals surface area contributed by atoms with E-state index in [-0.39, 0.29) is 0 Å². The number of rotatable bonds is 4. The van der Waals surface area contributed by atoms with Crippen LogP contribution in [-0.4, -0.2) is 39.6 Å². The molecule has 18 heavy (non-hydrogen) atoms. The summed E-state index contributed by atoms with van der Waals surface area (Å²) in [6.07, 6.45) is 0. The first-order valence-corrected chi connectivity index (χ1v) is 7.38. The summed E-state index contributed by atoms with van der Waals surface area (Å²) in [6.45, 7) is 4.11. The maximum absolute atomic E-state index is 12.5. The van der Waals surface area contributed by atoms with Gasteiger partial charge in [0.15, 0.2) is 0 Å². The van der Waals surface area contributed by atoms with Crippen LogP contribution in [0.1, 0.15) is 11.1 Å². The Bertz CT molecular complexity index is 481. The maximum atomic E-state index is 12.5. The quantitative estimate of drug-likeness (QED) is 0.776. The molecule has 1 aromatic carbocycles. The molecule has 1 heterocycles. The Balaban J connectivity index is 1.94. The van der Waals surface area contributed by atoms with Crippen LogP contribution < -0.4 is 0 Å². The van der Waals surface area contributed by atoms with Crippen LogP contribution in [0.3, 0.4) is 0 Å². The number of halogens is 1. The summed E-state index contributed by atoms with van der Waals surface area (Å²) in [7, 11) is -4.44. The van der Waals surface area contributed by atoms with Crippen LogP contribution >= 0.6 is 0 Å². The van der Waals surface area contributed by atoms with E-state index >= 15 is 0 Å². The molecule has 0 spiro atoms. The van der Waals surface area contributed by atoms with Gasteiger partial charge in [-0.05, 0) is 11.1 Å². The molecule has 0 radical (unpaired) electrons. The van der Waals surface area contributed by atoms with Gasteiger partial charge in [-0.2, -0.15) is 8.42 Å². The molecule has 0 N–H and O–H groups in total. The topological polar surface area (TPSA) is 46.6 Å². The molecule has 0 aromatic heterocycles. The second kappa shape index (κ2) is 5.77. The Labute approximate surface area is 107 Å². The minimum Gasteiger partial charge on any atom is -0.379 e. The average molecular weight is 273 g/mol. The summed E-state index contributed by atoms with van der Waals surface area (Å²) in [5, 5.41) is 0. The van der Waals surface area contributed by atoms with Crippen molar-refractivity contribution in [2.24, 2.45) is 0 Å². The van der Waals surface area contributed by atoms with Gasteiger partial charge in [-0.3, -0.25) is 4.90 Å². The van der Waals surface area contributed by atoms with E-state index in [0.717, 1.165) is 38.4 Å². The van der Waals surface area contributed by atoms with Crippen molar-refractivity contribution >= 4 is 10.2 Å². The van der Waals surface area contributed by atoms with Gasteiger partial charge in [-0.1, -0.05) is 24.3 Å². The maximum Gasteiger partial charge on any atom is 0.306 e. The highest BCUT2D eigenvalue weighted by atomic mass is 32.3. The molecule has 0 unspecified atom stereocenters. The van der Waals surface area contributed by atoms with E-state index in [9.17, 15) is 12.3 Å². The molecule has 4 nitrogen and oxygen atoms in total. The zero-order valence-corrected chi connectivity index (χ0v) is 10.8. The van der Waals surface area contributed by atoms with Crippen molar-refractivity contribution in [2.45, 2.75) is 12.3 Å². The van der Waals surface area contributed by atoms with Crippen molar-refractivity contribution in [1.29, 1.82) is 0 Å². The molecule has 1 aromatic rings. The largest absolute Gasteiger partial charge is 0.379 e. The SMILES string of the molecule is O=S(=O)(F)Cc1ccc(CN2CCOCC2)cc1. The van der Waals surface area contributed by atoms with E-state index in [2.05, 4.69) is 4.90 Å². The summed E-state index contributed by atoms with van der Waals surface area (Å²) < 4.78 is 38.8.